The summed E-state index contributed by atoms with van der Waals surface area (Å²) in [4.78, 5) is 2.31. The van der Waals surface area contributed by atoms with E-state index >= 15 is 0 Å². The lowest BCUT2D eigenvalue weighted by molar-refractivity contribution is 0.0576. The Balaban J connectivity index is 1.93. The standard InChI is InChI=1S/C15H24N2O/c1-12(16)14-5-7-15(8-6-14)17(2)10-13-4-3-9-18-11-13/h5-8,12-13H,3-4,9-11,16H2,1-2H3. The molecule has 0 radical (unpaired) electrons. The number of benzene rings is 1. The average molecular weight is 248 g/mol. The molecule has 0 amide bonds. The first-order valence-electron chi connectivity index (χ1n) is 6.81. The number of rotatable bonds is 4. The smallest absolute Gasteiger partial charge is 0.0511 e. The zero-order valence-electron chi connectivity index (χ0n) is 11.4. The van der Waals surface area contributed by atoms with Gasteiger partial charge in [-0.25, -0.2) is 0 Å². The Morgan fingerprint density at radius 3 is 2.67 bits per heavy atom. The summed E-state index contributed by atoms with van der Waals surface area (Å²) in [5, 5.41) is 0. The second kappa shape index (κ2) is 6.21. The highest BCUT2D eigenvalue weighted by Gasteiger charge is 2.16. The maximum atomic E-state index is 5.86. The van der Waals surface area contributed by atoms with Crippen molar-refractivity contribution in [1.29, 1.82) is 0 Å². The molecule has 0 spiro atoms. The van der Waals surface area contributed by atoms with Crippen LogP contribution in [0.15, 0.2) is 24.3 Å². The predicted octanol–water partition coefficient (Wildman–Crippen LogP) is 2.57. The van der Waals surface area contributed by atoms with Crippen molar-refractivity contribution in [2.75, 3.05) is 31.7 Å². The Bertz CT molecular complexity index is 355. The molecule has 1 aliphatic heterocycles. The van der Waals surface area contributed by atoms with Crippen molar-refractivity contribution >= 4 is 5.69 Å². The maximum Gasteiger partial charge on any atom is 0.0511 e. The normalized spacial score (nSPS) is 21.6. The Hall–Kier alpha value is -1.06. The molecule has 2 rings (SSSR count). The second-order valence-electron chi connectivity index (χ2n) is 5.34. The molecule has 1 heterocycles. The van der Waals surface area contributed by atoms with Gasteiger partial charge >= 0.3 is 0 Å². The summed E-state index contributed by atoms with van der Waals surface area (Å²) in [6.07, 6.45) is 2.48. The maximum absolute atomic E-state index is 5.86. The molecule has 0 aliphatic carbocycles. The molecule has 0 aromatic heterocycles. The van der Waals surface area contributed by atoms with Crippen molar-refractivity contribution in [3.63, 3.8) is 0 Å². The molecular formula is C15H24N2O. The summed E-state index contributed by atoms with van der Waals surface area (Å²) in [6, 6.07) is 8.66. The topological polar surface area (TPSA) is 38.5 Å². The minimum Gasteiger partial charge on any atom is -0.381 e. The summed E-state index contributed by atoms with van der Waals surface area (Å²) < 4.78 is 5.53. The Labute approximate surface area is 110 Å². The first kappa shape index (κ1) is 13.4. The van der Waals surface area contributed by atoms with Crippen molar-refractivity contribution in [3.05, 3.63) is 29.8 Å². The molecule has 0 saturated carbocycles. The largest absolute Gasteiger partial charge is 0.381 e. The number of nitrogens with two attached hydrogens (primary N) is 1. The monoisotopic (exact) mass is 248 g/mol. The van der Waals surface area contributed by atoms with Gasteiger partial charge in [0.2, 0.25) is 0 Å². The molecule has 18 heavy (non-hydrogen) atoms. The quantitative estimate of drug-likeness (QED) is 0.890. The highest BCUT2D eigenvalue weighted by atomic mass is 16.5. The number of hydrogen-bond acceptors (Lipinski definition) is 3. The second-order valence-corrected chi connectivity index (χ2v) is 5.34. The minimum atomic E-state index is 0.108. The molecule has 0 bridgehead atoms. The first-order valence-corrected chi connectivity index (χ1v) is 6.81. The third-order valence-electron chi connectivity index (χ3n) is 3.65. The summed E-state index contributed by atoms with van der Waals surface area (Å²) >= 11 is 0. The number of hydrogen-bond donors (Lipinski definition) is 1. The molecule has 1 saturated heterocycles. The van der Waals surface area contributed by atoms with Crippen LogP contribution in [-0.4, -0.2) is 26.8 Å². The van der Waals surface area contributed by atoms with Crippen molar-refractivity contribution in [1.82, 2.24) is 0 Å². The van der Waals surface area contributed by atoms with Gasteiger partial charge in [-0.05, 0) is 43.4 Å². The fraction of sp³-hybridized carbons (Fsp3) is 0.600. The number of anilines is 1. The van der Waals surface area contributed by atoms with Gasteiger partial charge in [-0.2, -0.15) is 0 Å². The third kappa shape index (κ3) is 3.47. The fourth-order valence-electron chi connectivity index (χ4n) is 2.48. The van der Waals surface area contributed by atoms with E-state index in [9.17, 15) is 0 Å². The lowest BCUT2D eigenvalue weighted by Crippen LogP contribution is -2.30. The van der Waals surface area contributed by atoms with E-state index in [1.807, 2.05) is 6.92 Å². The molecule has 3 nitrogen and oxygen atoms in total. The van der Waals surface area contributed by atoms with Crippen LogP contribution in [0.2, 0.25) is 0 Å². The molecule has 1 aromatic carbocycles. The van der Waals surface area contributed by atoms with Crippen LogP contribution in [0.25, 0.3) is 0 Å². The van der Waals surface area contributed by atoms with E-state index in [0.717, 1.165) is 19.8 Å². The zero-order valence-corrected chi connectivity index (χ0v) is 11.4. The van der Waals surface area contributed by atoms with Gasteiger partial charge in [0, 0.05) is 31.9 Å². The van der Waals surface area contributed by atoms with Crippen molar-refractivity contribution in [2.45, 2.75) is 25.8 Å². The Kier molecular flexibility index (Phi) is 4.61. The van der Waals surface area contributed by atoms with Crippen LogP contribution in [0, 0.1) is 5.92 Å². The van der Waals surface area contributed by atoms with Crippen LogP contribution in [0.4, 0.5) is 5.69 Å². The summed E-state index contributed by atoms with van der Waals surface area (Å²) in [5.74, 6) is 0.664. The van der Waals surface area contributed by atoms with Gasteiger partial charge < -0.3 is 15.4 Å². The lowest BCUT2D eigenvalue weighted by atomic mass is 10.0. The van der Waals surface area contributed by atoms with Crippen LogP contribution < -0.4 is 10.6 Å². The zero-order chi connectivity index (χ0) is 13.0. The molecule has 3 heteroatoms. The van der Waals surface area contributed by atoms with E-state index in [0.29, 0.717) is 5.92 Å². The Morgan fingerprint density at radius 1 is 1.39 bits per heavy atom. The van der Waals surface area contributed by atoms with Gasteiger partial charge in [0.05, 0.1) is 6.61 Å². The molecule has 1 aromatic rings. The highest BCUT2D eigenvalue weighted by Crippen LogP contribution is 2.20. The van der Waals surface area contributed by atoms with Gasteiger partial charge in [-0.1, -0.05) is 12.1 Å². The molecule has 1 fully saturated rings. The molecule has 2 N–H and O–H groups in total. The van der Waals surface area contributed by atoms with E-state index in [4.69, 9.17) is 10.5 Å². The Morgan fingerprint density at radius 2 is 2.11 bits per heavy atom. The van der Waals surface area contributed by atoms with Crippen LogP contribution >= 0.6 is 0 Å². The number of nitrogens with zero attached hydrogens (tertiary/aromatic N) is 1. The van der Waals surface area contributed by atoms with E-state index in [1.54, 1.807) is 0 Å². The van der Waals surface area contributed by atoms with Crippen molar-refractivity contribution in [3.8, 4) is 0 Å². The molecular weight excluding hydrogens is 224 g/mol. The predicted molar refractivity (Wildman–Crippen MR) is 75.9 cm³/mol. The van der Waals surface area contributed by atoms with Gasteiger partial charge in [-0.15, -0.1) is 0 Å². The molecule has 2 atom stereocenters. The van der Waals surface area contributed by atoms with E-state index < -0.39 is 0 Å². The fourth-order valence-corrected chi connectivity index (χ4v) is 2.48. The lowest BCUT2D eigenvalue weighted by Gasteiger charge is -2.28. The van der Waals surface area contributed by atoms with Gasteiger partial charge in [0.15, 0.2) is 0 Å². The molecule has 1 aliphatic rings. The third-order valence-corrected chi connectivity index (χ3v) is 3.65. The van der Waals surface area contributed by atoms with Crippen molar-refractivity contribution < 1.29 is 4.74 Å². The van der Waals surface area contributed by atoms with Crippen LogP contribution in [0.3, 0.4) is 0 Å². The molecule has 100 valence electrons. The molecule has 2 unspecified atom stereocenters. The van der Waals surface area contributed by atoms with Gasteiger partial charge in [0.25, 0.3) is 0 Å². The summed E-state index contributed by atoms with van der Waals surface area (Å²) in [6.45, 7) is 4.92. The number of ether oxygens (including phenoxy) is 1. The van der Waals surface area contributed by atoms with E-state index in [-0.39, 0.29) is 6.04 Å². The summed E-state index contributed by atoms with van der Waals surface area (Å²) in [7, 11) is 2.15. The van der Waals surface area contributed by atoms with Crippen LogP contribution in [-0.2, 0) is 4.74 Å². The van der Waals surface area contributed by atoms with E-state index in [1.165, 1.54) is 24.1 Å². The first-order chi connectivity index (χ1) is 8.66. The van der Waals surface area contributed by atoms with Gasteiger partial charge in [-0.3, -0.25) is 0 Å². The van der Waals surface area contributed by atoms with E-state index in [2.05, 4.69) is 36.2 Å². The minimum absolute atomic E-state index is 0.108. The van der Waals surface area contributed by atoms with Crippen LogP contribution in [0.5, 0.6) is 0 Å². The van der Waals surface area contributed by atoms with Gasteiger partial charge in [0.1, 0.15) is 0 Å². The van der Waals surface area contributed by atoms with Crippen molar-refractivity contribution in [2.24, 2.45) is 11.7 Å². The van der Waals surface area contributed by atoms with Crippen LogP contribution in [0.1, 0.15) is 31.4 Å². The average Bonchev–Trinajstić information content (AvgIpc) is 2.40. The SMILES string of the molecule is CC(N)c1ccc(N(C)CC2CCCOC2)cc1. The summed E-state index contributed by atoms with van der Waals surface area (Å²) in [5.41, 5.74) is 8.30. The highest BCUT2D eigenvalue weighted by molar-refractivity contribution is 5.47.